The van der Waals surface area contributed by atoms with Crippen LogP contribution >= 0.6 is 0 Å². The smallest absolute Gasteiger partial charge is 0.242 e. The summed E-state index contributed by atoms with van der Waals surface area (Å²) in [6.07, 6.45) is 10.4. The summed E-state index contributed by atoms with van der Waals surface area (Å²) in [6, 6.07) is 6.96. The maximum atomic E-state index is 11.6. The molecule has 1 rings (SSSR count). The van der Waals surface area contributed by atoms with Gasteiger partial charge in [-0.15, -0.1) is 12.8 Å². The van der Waals surface area contributed by atoms with Crippen molar-refractivity contribution in [3.05, 3.63) is 29.8 Å². The van der Waals surface area contributed by atoms with Crippen LogP contribution in [0.5, 0.6) is 0 Å². The van der Waals surface area contributed by atoms with Gasteiger partial charge < -0.3 is 10.6 Å². The Morgan fingerprint density at radius 2 is 2.24 bits per heavy atom. The highest BCUT2D eigenvalue weighted by atomic mass is 16.2. The monoisotopic (exact) mass is 226 g/mol. The van der Waals surface area contributed by atoms with Gasteiger partial charge in [0.2, 0.25) is 5.91 Å². The summed E-state index contributed by atoms with van der Waals surface area (Å²) in [6.45, 7) is 1.99. The number of carbonyl (C=O) groups excluding carboxylic acids is 1. The number of amides is 1. The van der Waals surface area contributed by atoms with E-state index in [-0.39, 0.29) is 18.5 Å². The van der Waals surface area contributed by atoms with Gasteiger partial charge in [0.1, 0.15) is 6.04 Å². The van der Waals surface area contributed by atoms with E-state index in [2.05, 4.69) is 22.5 Å². The summed E-state index contributed by atoms with van der Waals surface area (Å²) in [4.78, 5) is 11.6. The lowest BCUT2D eigenvalue weighted by Gasteiger charge is -2.14. The molecule has 0 heterocycles. The molecule has 0 aliphatic rings. The molecule has 0 spiro atoms. The zero-order valence-electron chi connectivity index (χ0n) is 9.66. The van der Waals surface area contributed by atoms with Crippen molar-refractivity contribution in [2.24, 2.45) is 0 Å². The van der Waals surface area contributed by atoms with Crippen molar-refractivity contribution < 1.29 is 4.79 Å². The quantitative estimate of drug-likeness (QED) is 0.758. The number of carbonyl (C=O) groups is 1. The van der Waals surface area contributed by atoms with Crippen LogP contribution in [0.25, 0.3) is 0 Å². The van der Waals surface area contributed by atoms with Gasteiger partial charge in [-0.1, -0.05) is 17.9 Å². The Kier molecular flexibility index (Phi) is 4.66. The fourth-order valence-electron chi connectivity index (χ4n) is 1.31. The normalized spacial score (nSPS) is 10.8. The van der Waals surface area contributed by atoms with Gasteiger partial charge in [0.25, 0.3) is 0 Å². The van der Waals surface area contributed by atoms with Crippen molar-refractivity contribution in [2.45, 2.75) is 13.0 Å². The Hall–Kier alpha value is -2.39. The largest absolute Gasteiger partial charge is 0.374 e. The van der Waals surface area contributed by atoms with E-state index in [0.29, 0.717) is 0 Å². The molecule has 0 radical (unpaired) electrons. The van der Waals surface area contributed by atoms with Crippen molar-refractivity contribution in [3.63, 3.8) is 0 Å². The first kappa shape index (κ1) is 12.7. The summed E-state index contributed by atoms with van der Waals surface area (Å²) in [5, 5.41) is 5.65. The minimum absolute atomic E-state index is 0.144. The predicted octanol–water partition coefficient (Wildman–Crippen LogP) is 1.22. The molecule has 0 aliphatic heterocycles. The second-order valence-corrected chi connectivity index (χ2v) is 3.51. The van der Waals surface area contributed by atoms with Crippen molar-refractivity contribution in [3.8, 4) is 24.7 Å². The molecule has 0 aliphatic carbocycles. The molecule has 1 aromatic rings. The molecule has 0 saturated carbocycles. The third kappa shape index (κ3) is 3.93. The maximum Gasteiger partial charge on any atom is 0.242 e. The molecular weight excluding hydrogens is 212 g/mol. The molecule has 0 fully saturated rings. The Balaban J connectivity index is 2.62. The van der Waals surface area contributed by atoms with Crippen molar-refractivity contribution in [1.29, 1.82) is 0 Å². The van der Waals surface area contributed by atoms with E-state index in [1.165, 1.54) is 0 Å². The Morgan fingerprint density at radius 3 is 2.88 bits per heavy atom. The first-order valence-electron chi connectivity index (χ1n) is 5.21. The van der Waals surface area contributed by atoms with Crippen LogP contribution < -0.4 is 10.6 Å². The van der Waals surface area contributed by atoms with E-state index >= 15 is 0 Å². The third-order valence-corrected chi connectivity index (χ3v) is 2.17. The van der Waals surface area contributed by atoms with Crippen LogP contribution in [0, 0.1) is 24.7 Å². The lowest BCUT2D eigenvalue weighted by atomic mass is 10.2. The molecule has 86 valence electrons. The number of rotatable bonds is 4. The first-order valence-corrected chi connectivity index (χ1v) is 5.21. The van der Waals surface area contributed by atoms with Gasteiger partial charge in [-0.25, -0.2) is 0 Å². The highest BCUT2D eigenvalue weighted by molar-refractivity contribution is 5.84. The molecule has 1 atom stereocenters. The van der Waals surface area contributed by atoms with Crippen LogP contribution in [0.3, 0.4) is 0 Å². The molecule has 0 aromatic heterocycles. The van der Waals surface area contributed by atoms with Crippen LogP contribution in [0.2, 0.25) is 0 Å². The molecule has 3 nitrogen and oxygen atoms in total. The molecule has 3 heteroatoms. The predicted molar refractivity (Wildman–Crippen MR) is 69.3 cm³/mol. The van der Waals surface area contributed by atoms with Gasteiger partial charge in [-0.05, 0) is 25.1 Å². The van der Waals surface area contributed by atoms with Gasteiger partial charge >= 0.3 is 0 Å². The lowest BCUT2D eigenvalue weighted by molar-refractivity contribution is -0.121. The Bertz CT molecular complexity index is 480. The molecule has 1 aromatic carbocycles. The van der Waals surface area contributed by atoms with Gasteiger partial charge in [0.05, 0.1) is 6.54 Å². The first-order chi connectivity index (χ1) is 8.17. The number of terminal acetylenes is 2. The Labute approximate surface area is 102 Å². The van der Waals surface area contributed by atoms with Gasteiger partial charge in [-0.3, -0.25) is 4.79 Å². The van der Waals surface area contributed by atoms with E-state index < -0.39 is 0 Å². The number of hydrogen-bond acceptors (Lipinski definition) is 2. The zero-order chi connectivity index (χ0) is 12.7. The summed E-state index contributed by atoms with van der Waals surface area (Å²) in [5.74, 6) is 4.74. The standard InChI is InChI=1S/C14H14N2O/c1-4-9-15-14(17)11(3)16-13-8-6-7-12(5-2)10-13/h1-2,6-8,10-11,16H,9H2,3H3,(H,15,17). The second kappa shape index (κ2) is 6.25. The molecular formula is C14H14N2O. The van der Waals surface area contributed by atoms with Crippen LogP contribution in [-0.2, 0) is 4.79 Å². The highest BCUT2D eigenvalue weighted by Gasteiger charge is 2.11. The topological polar surface area (TPSA) is 41.1 Å². The zero-order valence-corrected chi connectivity index (χ0v) is 9.66. The van der Waals surface area contributed by atoms with Crippen molar-refractivity contribution >= 4 is 11.6 Å². The van der Waals surface area contributed by atoms with Crippen LogP contribution in [-0.4, -0.2) is 18.5 Å². The molecule has 2 N–H and O–H groups in total. The van der Waals surface area contributed by atoms with Crippen LogP contribution in [0.15, 0.2) is 24.3 Å². The second-order valence-electron chi connectivity index (χ2n) is 3.51. The van der Waals surface area contributed by atoms with E-state index in [1.807, 2.05) is 24.3 Å². The number of hydrogen-bond donors (Lipinski definition) is 2. The summed E-state index contributed by atoms with van der Waals surface area (Å²) < 4.78 is 0. The molecule has 0 bridgehead atoms. The maximum absolute atomic E-state index is 11.6. The van der Waals surface area contributed by atoms with E-state index in [0.717, 1.165) is 11.3 Å². The highest BCUT2D eigenvalue weighted by Crippen LogP contribution is 2.10. The summed E-state index contributed by atoms with van der Waals surface area (Å²) in [5.41, 5.74) is 1.58. The van der Waals surface area contributed by atoms with E-state index in [1.54, 1.807) is 6.92 Å². The van der Waals surface area contributed by atoms with Gasteiger partial charge in [-0.2, -0.15) is 0 Å². The number of nitrogens with one attached hydrogen (secondary N) is 2. The average Bonchev–Trinajstić information content (AvgIpc) is 2.36. The van der Waals surface area contributed by atoms with E-state index in [4.69, 9.17) is 12.8 Å². The van der Waals surface area contributed by atoms with Gasteiger partial charge in [0, 0.05) is 11.3 Å². The minimum Gasteiger partial charge on any atom is -0.374 e. The summed E-state index contributed by atoms with van der Waals surface area (Å²) >= 11 is 0. The average molecular weight is 226 g/mol. The third-order valence-electron chi connectivity index (χ3n) is 2.17. The van der Waals surface area contributed by atoms with Crippen molar-refractivity contribution in [1.82, 2.24) is 5.32 Å². The fraction of sp³-hybridized carbons (Fsp3) is 0.214. The Morgan fingerprint density at radius 1 is 1.47 bits per heavy atom. The molecule has 0 saturated heterocycles. The number of anilines is 1. The minimum atomic E-state index is -0.364. The lowest BCUT2D eigenvalue weighted by Crippen LogP contribution is -2.37. The SMILES string of the molecule is C#CCNC(=O)C(C)Nc1cccc(C#C)c1. The van der Waals surface area contributed by atoms with Crippen LogP contribution in [0.4, 0.5) is 5.69 Å². The molecule has 1 amide bonds. The van der Waals surface area contributed by atoms with Crippen LogP contribution in [0.1, 0.15) is 12.5 Å². The van der Waals surface area contributed by atoms with Crippen molar-refractivity contribution in [2.75, 3.05) is 11.9 Å². The van der Waals surface area contributed by atoms with E-state index in [9.17, 15) is 4.79 Å². The van der Waals surface area contributed by atoms with Gasteiger partial charge in [0.15, 0.2) is 0 Å². The fourth-order valence-corrected chi connectivity index (χ4v) is 1.31. The number of benzene rings is 1. The molecule has 17 heavy (non-hydrogen) atoms. The summed E-state index contributed by atoms with van der Waals surface area (Å²) in [7, 11) is 0. The molecule has 1 unspecified atom stereocenters.